The third kappa shape index (κ3) is 8.35. The lowest BCUT2D eigenvalue weighted by atomic mass is 10.2. The molecule has 0 aliphatic heterocycles. The van der Waals surface area contributed by atoms with Crippen molar-refractivity contribution in [3.05, 3.63) is 30.5 Å². The standard InChI is InChI=1S/C24H36N2OS3/c1-4-6-8-10-17-29-24(30-18-11-9-7-5-2)23(27)26-22-19-13-12-16-25-20(19)14-15-21(22)28-3/h12-16,24H,4-11,17-18H2,1-3H3,(H,26,27). The highest BCUT2D eigenvalue weighted by molar-refractivity contribution is 8.18. The number of aromatic nitrogens is 1. The molecule has 2 aromatic rings. The molecule has 0 atom stereocenters. The van der Waals surface area contributed by atoms with Crippen molar-refractivity contribution in [2.45, 2.75) is 74.7 Å². The van der Waals surface area contributed by atoms with Gasteiger partial charge in [0.2, 0.25) is 5.91 Å². The second-order valence-electron chi connectivity index (χ2n) is 7.40. The predicted molar refractivity (Wildman–Crippen MR) is 139 cm³/mol. The Balaban J connectivity index is 2.07. The molecule has 1 aromatic carbocycles. The lowest BCUT2D eigenvalue weighted by molar-refractivity contribution is -0.114. The number of anilines is 1. The van der Waals surface area contributed by atoms with Crippen molar-refractivity contribution in [3.8, 4) is 0 Å². The van der Waals surface area contributed by atoms with Crippen molar-refractivity contribution in [3.63, 3.8) is 0 Å². The van der Waals surface area contributed by atoms with Crippen LogP contribution in [0.3, 0.4) is 0 Å². The van der Waals surface area contributed by atoms with Crippen molar-refractivity contribution >= 4 is 57.8 Å². The van der Waals surface area contributed by atoms with E-state index in [0.717, 1.165) is 33.0 Å². The van der Waals surface area contributed by atoms with E-state index in [0.29, 0.717) is 0 Å². The van der Waals surface area contributed by atoms with Crippen LogP contribution in [0, 0.1) is 0 Å². The number of fused-ring (bicyclic) bond motifs is 1. The first-order chi connectivity index (χ1) is 14.7. The molecule has 1 heterocycles. The molecule has 3 nitrogen and oxygen atoms in total. The molecule has 0 spiro atoms. The van der Waals surface area contributed by atoms with Gasteiger partial charge in [-0.15, -0.1) is 35.3 Å². The lowest BCUT2D eigenvalue weighted by Crippen LogP contribution is -2.24. The summed E-state index contributed by atoms with van der Waals surface area (Å²) in [6, 6.07) is 8.06. The van der Waals surface area contributed by atoms with E-state index in [-0.39, 0.29) is 10.5 Å². The minimum atomic E-state index is -0.0603. The highest BCUT2D eigenvalue weighted by Gasteiger charge is 2.21. The SMILES string of the molecule is CCCCCCSC(SCCCCCC)C(=O)Nc1c(SC)ccc2ncccc12. The molecule has 6 heteroatoms. The Labute approximate surface area is 195 Å². The highest BCUT2D eigenvalue weighted by atomic mass is 32.2. The quantitative estimate of drug-likeness (QED) is 0.165. The normalized spacial score (nSPS) is 11.3. The van der Waals surface area contributed by atoms with Gasteiger partial charge in [0.05, 0.1) is 11.2 Å². The van der Waals surface area contributed by atoms with Crippen LogP contribution in [0.4, 0.5) is 5.69 Å². The molecule has 0 aliphatic carbocycles. The van der Waals surface area contributed by atoms with Crippen LogP contribution in [0.2, 0.25) is 0 Å². The van der Waals surface area contributed by atoms with E-state index in [2.05, 4.69) is 36.5 Å². The van der Waals surface area contributed by atoms with Gasteiger partial charge in [-0.3, -0.25) is 9.78 Å². The molecular formula is C24H36N2OS3. The number of hydrogen-bond donors (Lipinski definition) is 1. The van der Waals surface area contributed by atoms with Crippen molar-refractivity contribution in [2.24, 2.45) is 0 Å². The largest absolute Gasteiger partial charge is 0.323 e. The second kappa shape index (κ2) is 15.0. The number of hydrogen-bond acceptors (Lipinski definition) is 5. The van der Waals surface area contributed by atoms with E-state index >= 15 is 0 Å². The molecule has 1 amide bonds. The zero-order valence-corrected chi connectivity index (χ0v) is 21.1. The minimum absolute atomic E-state index is 0.0603. The maximum absolute atomic E-state index is 13.3. The Bertz CT molecular complexity index is 755. The van der Waals surface area contributed by atoms with E-state index < -0.39 is 0 Å². The van der Waals surface area contributed by atoms with Gasteiger partial charge in [-0.05, 0) is 54.9 Å². The Hall–Kier alpha value is -0.850. The number of pyridine rings is 1. The fraction of sp³-hybridized carbons (Fsp3) is 0.583. The van der Waals surface area contributed by atoms with E-state index in [4.69, 9.17) is 0 Å². The zero-order chi connectivity index (χ0) is 21.6. The van der Waals surface area contributed by atoms with Crippen LogP contribution in [-0.4, -0.2) is 33.2 Å². The topological polar surface area (TPSA) is 42.0 Å². The molecule has 166 valence electrons. The van der Waals surface area contributed by atoms with Crippen LogP contribution in [0.5, 0.6) is 0 Å². The number of thioether (sulfide) groups is 3. The fourth-order valence-corrected chi connectivity index (χ4v) is 6.37. The summed E-state index contributed by atoms with van der Waals surface area (Å²) >= 11 is 5.28. The number of rotatable bonds is 15. The van der Waals surface area contributed by atoms with Crippen LogP contribution < -0.4 is 5.32 Å². The Morgan fingerprint density at radius 1 is 0.967 bits per heavy atom. The smallest absolute Gasteiger partial charge is 0.247 e. The molecule has 0 bridgehead atoms. The molecule has 30 heavy (non-hydrogen) atoms. The van der Waals surface area contributed by atoms with E-state index in [1.165, 1.54) is 51.4 Å². The number of unbranched alkanes of at least 4 members (excludes halogenated alkanes) is 6. The van der Waals surface area contributed by atoms with E-state index in [1.54, 1.807) is 18.0 Å². The van der Waals surface area contributed by atoms with Crippen LogP contribution in [-0.2, 0) is 4.79 Å². The summed E-state index contributed by atoms with van der Waals surface area (Å²) in [6.45, 7) is 4.47. The lowest BCUT2D eigenvalue weighted by Gasteiger charge is -2.18. The molecule has 0 saturated carbocycles. The monoisotopic (exact) mass is 464 g/mol. The highest BCUT2D eigenvalue weighted by Crippen LogP contribution is 2.34. The summed E-state index contributed by atoms with van der Waals surface area (Å²) in [5, 5.41) is 4.28. The zero-order valence-electron chi connectivity index (χ0n) is 18.6. The Morgan fingerprint density at radius 3 is 2.23 bits per heavy atom. The van der Waals surface area contributed by atoms with Crippen LogP contribution in [0.25, 0.3) is 10.9 Å². The second-order valence-corrected chi connectivity index (χ2v) is 11.0. The number of benzene rings is 1. The Kier molecular flexibility index (Phi) is 12.7. The Morgan fingerprint density at radius 2 is 1.63 bits per heavy atom. The van der Waals surface area contributed by atoms with Gasteiger partial charge >= 0.3 is 0 Å². The fourth-order valence-electron chi connectivity index (χ4n) is 3.25. The molecule has 1 N–H and O–H groups in total. The van der Waals surface area contributed by atoms with Gasteiger partial charge in [-0.1, -0.05) is 52.4 Å². The van der Waals surface area contributed by atoms with Gasteiger partial charge in [0.25, 0.3) is 0 Å². The van der Waals surface area contributed by atoms with Gasteiger partial charge in [0.1, 0.15) is 4.58 Å². The predicted octanol–water partition coefficient (Wildman–Crippen LogP) is 7.85. The van der Waals surface area contributed by atoms with Gasteiger partial charge in [0.15, 0.2) is 0 Å². The summed E-state index contributed by atoms with van der Waals surface area (Å²) < 4.78 is -0.0603. The first-order valence-corrected chi connectivity index (χ1v) is 14.5. The van der Waals surface area contributed by atoms with E-state index in [1.807, 2.05) is 41.7 Å². The van der Waals surface area contributed by atoms with Crippen LogP contribution in [0.15, 0.2) is 35.4 Å². The number of amides is 1. The molecule has 0 unspecified atom stereocenters. The van der Waals surface area contributed by atoms with Gasteiger partial charge < -0.3 is 5.32 Å². The molecule has 1 aromatic heterocycles. The first-order valence-electron chi connectivity index (χ1n) is 11.2. The van der Waals surface area contributed by atoms with Gasteiger partial charge in [-0.2, -0.15) is 0 Å². The van der Waals surface area contributed by atoms with E-state index in [9.17, 15) is 4.79 Å². The molecule has 2 rings (SSSR count). The van der Waals surface area contributed by atoms with Crippen molar-refractivity contribution in [2.75, 3.05) is 23.1 Å². The molecule has 0 radical (unpaired) electrons. The van der Waals surface area contributed by atoms with Gasteiger partial charge in [-0.25, -0.2) is 0 Å². The average Bonchev–Trinajstić information content (AvgIpc) is 2.77. The maximum atomic E-state index is 13.3. The van der Waals surface area contributed by atoms with Crippen molar-refractivity contribution in [1.29, 1.82) is 0 Å². The molecule has 0 saturated heterocycles. The number of carbonyl (C=O) groups excluding carboxylic acids is 1. The molecule has 0 aliphatic rings. The average molecular weight is 465 g/mol. The number of nitrogens with zero attached hydrogens (tertiary/aromatic N) is 1. The summed E-state index contributed by atoms with van der Waals surface area (Å²) in [4.78, 5) is 18.8. The van der Waals surface area contributed by atoms with Crippen molar-refractivity contribution in [1.82, 2.24) is 4.98 Å². The van der Waals surface area contributed by atoms with Crippen molar-refractivity contribution < 1.29 is 4.79 Å². The third-order valence-electron chi connectivity index (χ3n) is 4.96. The van der Waals surface area contributed by atoms with Crippen LogP contribution in [0.1, 0.15) is 65.2 Å². The first kappa shape index (κ1) is 25.4. The minimum Gasteiger partial charge on any atom is -0.323 e. The molecule has 0 fully saturated rings. The summed E-state index contributed by atoms with van der Waals surface area (Å²) in [7, 11) is 0. The van der Waals surface area contributed by atoms with Crippen LogP contribution >= 0.6 is 35.3 Å². The summed E-state index contributed by atoms with van der Waals surface area (Å²) in [5.41, 5.74) is 1.82. The van der Waals surface area contributed by atoms with Gasteiger partial charge in [0, 0.05) is 16.5 Å². The summed E-state index contributed by atoms with van der Waals surface area (Å²) in [5.74, 6) is 2.21. The number of nitrogens with one attached hydrogen (secondary N) is 1. The molecular weight excluding hydrogens is 428 g/mol. The maximum Gasteiger partial charge on any atom is 0.247 e. The number of carbonyl (C=O) groups is 1. The third-order valence-corrected chi connectivity index (χ3v) is 8.64. The summed E-state index contributed by atoms with van der Waals surface area (Å²) in [6.07, 6.45) is 13.8.